The largest absolute Gasteiger partial charge is 0.312 e. The van der Waals surface area contributed by atoms with Crippen LogP contribution in [-0.4, -0.2) is 33.9 Å². The molecule has 6 heteroatoms. The minimum absolute atomic E-state index is 0.366. The van der Waals surface area contributed by atoms with Crippen molar-refractivity contribution in [3.63, 3.8) is 0 Å². The van der Waals surface area contributed by atoms with Crippen molar-refractivity contribution < 1.29 is 0 Å². The van der Waals surface area contributed by atoms with Crippen molar-refractivity contribution in [3.05, 3.63) is 47.0 Å². The lowest BCUT2D eigenvalue weighted by Gasteiger charge is -2.26. The van der Waals surface area contributed by atoms with Crippen LogP contribution in [0.1, 0.15) is 35.2 Å². The molecule has 1 fully saturated rings. The van der Waals surface area contributed by atoms with Gasteiger partial charge in [0.25, 0.3) is 0 Å². The van der Waals surface area contributed by atoms with Crippen molar-refractivity contribution in [2.24, 2.45) is 5.92 Å². The van der Waals surface area contributed by atoms with Gasteiger partial charge in [-0.05, 0) is 25.8 Å². The lowest BCUT2D eigenvalue weighted by molar-refractivity contribution is 0.329. The molecule has 6 nitrogen and oxygen atoms in total. The van der Waals surface area contributed by atoms with Crippen LogP contribution >= 0.6 is 0 Å². The highest BCUT2D eigenvalue weighted by atomic mass is 15.4. The van der Waals surface area contributed by atoms with Crippen molar-refractivity contribution in [2.75, 3.05) is 13.1 Å². The second-order valence-electron chi connectivity index (χ2n) is 7.08. The standard InChI is InChI=1S/C18H26N6/c1-12-4-3-5-14(8-12)18-15(10-20-22-18)9-19-16-6-7-17-21-13(2)23-24(17)11-16/h3-5,8,15-16,18-20,22H,6-7,9-11H2,1-2H3. The predicted molar refractivity (Wildman–Crippen MR) is 93.4 cm³/mol. The number of fused-ring (bicyclic) bond motifs is 1. The van der Waals surface area contributed by atoms with Gasteiger partial charge in [-0.3, -0.25) is 5.43 Å². The van der Waals surface area contributed by atoms with Gasteiger partial charge in [-0.25, -0.2) is 15.1 Å². The molecule has 0 spiro atoms. The van der Waals surface area contributed by atoms with E-state index in [1.165, 1.54) is 11.1 Å². The van der Waals surface area contributed by atoms with Crippen LogP contribution in [-0.2, 0) is 13.0 Å². The number of benzene rings is 1. The zero-order valence-corrected chi connectivity index (χ0v) is 14.4. The van der Waals surface area contributed by atoms with E-state index in [1.807, 2.05) is 6.92 Å². The Labute approximate surface area is 143 Å². The normalized spacial score (nSPS) is 26.5. The third-order valence-corrected chi connectivity index (χ3v) is 5.13. The monoisotopic (exact) mass is 326 g/mol. The van der Waals surface area contributed by atoms with E-state index in [0.29, 0.717) is 18.0 Å². The molecule has 3 N–H and O–H groups in total. The summed E-state index contributed by atoms with van der Waals surface area (Å²) in [5.74, 6) is 2.56. The molecule has 24 heavy (non-hydrogen) atoms. The highest BCUT2D eigenvalue weighted by molar-refractivity contribution is 5.26. The first-order valence-electron chi connectivity index (χ1n) is 8.88. The maximum Gasteiger partial charge on any atom is 0.147 e. The number of hydrogen-bond donors (Lipinski definition) is 3. The van der Waals surface area contributed by atoms with Gasteiger partial charge in [0, 0.05) is 31.5 Å². The molecule has 0 saturated carbocycles. The van der Waals surface area contributed by atoms with Crippen LogP contribution < -0.4 is 16.2 Å². The molecule has 2 aromatic rings. The molecular weight excluding hydrogens is 300 g/mol. The summed E-state index contributed by atoms with van der Waals surface area (Å²) < 4.78 is 2.07. The Balaban J connectivity index is 1.37. The summed E-state index contributed by atoms with van der Waals surface area (Å²) in [7, 11) is 0. The second kappa shape index (κ2) is 6.63. The highest BCUT2D eigenvalue weighted by Gasteiger charge is 2.29. The van der Waals surface area contributed by atoms with Gasteiger partial charge in [0.2, 0.25) is 0 Å². The van der Waals surface area contributed by atoms with Crippen LogP contribution in [0.15, 0.2) is 24.3 Å². The molecule has 128 valence electrons. The van der Waals surface area contributed by atoms with E-state index in [4.69, 9.17) is 0 Å². The number of hydrogen-bond acceptors (Lipinski definition) is 5. The molecule has 2 aliphatic rings. The van der Waals surface area contributed by atoms with Crippen LogP contribution in [0, 0.1) is 19.8 Å². The summed E-state index contributed by atoms with van der Waals surface area (Å²) in [5, 5.41) is 8.25. The lowest BCUT2D eigenvalue weighted by atomic mass is 9.93. The molecule has 2 aliphatic heterocycles. The van der Waals surface area contributed by atoms with Crippen molar-refractivity contribution in [2.45, 2.75) is 45.3 Å². The van der Waals surface area contributed by atoms with Gasteiger partial charge in [-0.2, -0.15) is 5.10 Å². The molecule has 0 radical (unpaired) electrons. The molecule has 1 aromatic heterocycles. The summed E-state index contributed by atoms with van der Waals surface area (Å²) in [6, 6.07) is 9.64. The fourth-order valence-electron chi connectivity index (χ4n) is 3.86. The van der Waals surface area contributed by atoms with Crippen LogP contribution in [0.4, 0.5) is 0 Å². The minimum Gasteiger partial charge on any atom is -0.312 e. The Morgan fingerprint density at radius 3 is 3.12 bits per heavy atom. The summed E-state index contributed by atoms with van der Waals surface area (Å²) in [6.07, 6.45) is 2.15. The number of aryl methyl sites for hydroxylation is 3. The number of nitrogens with one attached hydrogen (secondary N) is 3. The van der Waals surface area contributed by atoms with E-state index in [0.717, 1.165) is 44.1 Å². The van der Waals surface area contributed by atoms with E-state index in [-0.39, 0.29) is 0 Å². The van der Waals surface area contributed by atoms with Crippen molar-refractivity contribution in [1.29, 1.82) is 0 Å². The van der Waals surface area contributed by atoms with Crippen LogP contribution in [0.5, 0.6) is 0 Å². The van der Waals surface area contributed by atoms with E-state index in [9.17, 15) is 0 Å². The maximum atomic E-state index is 4.49. The molecule has 3 unspecified atom stereocenters. The first-order valence-corrected chi connectivity index (χ1v) is 8.88. The topological polar surface area (TPSA) is 66.8 Å². The van der Waals surface area contributed by atoms with Gasteiger partial charge in [-0.15, -0.1) is 0 Å². The van der Waals surface area contributed by atoms with Gasteiger partial charge in [0.15, 0.2) is 0 Å². The smallest absolute Gasteiger partial charge is 0.147 e. The predicted octanol–water partition coefficient (Wildman–Crippen LogP) is 1.26. The van der Waals surface area contributed by atoms with Crippen LogP contribution in [0.25, 0.3) is 0 Å². The van der Waals surface area contributed by atoms with Crippen molar-refractivity contribution in [1.82, 2.24) is 30.9 Å². The highest BCUT2D eigenvalue weighted by Crippen LogP contribution is 2.25. The fraction of sp³-hybridized carbons (Fsp3) is 0.556. The Morgan fingerprint density at radius 2 is 2.25 bits per heavy atom. The zero-order valence-electron chi connectivity index (χ0n) is 14.4. The molecular formula is C18H26N6. The summed E-state index contributed by atoms with van der Waals surface area (Å²) in [5.41, 5.74) is 9.45. The number of aromatic nitrogens is 3. The Hall–Kier alpha value is -1.76. The lowest BCUT2D eigenvalue weighted by Crippen LogP contribution is -2.41. The molecule has 0 bridgehead atoms. The average molecular weight is 326 g/mol. The van der Waals surface area contributed by atoms with E-state index in [1.54, 1.807) is 0 Å². The van der Waals surface area contributed by atoms with Gasteiger partial charge >= 0.3 is 0 Å². The average Bonchev–Trinajstić information content (AvgIpc) is 3.17. The van der Waals surface area contributed by atoms with Crippen molar-refractivity contribution >= 4 is 0 Å². The molecule has 1 aromatic carbocycles. The maximum absolute atomic E-state index is 4.49. The van der Waals surface area contributed by atoms with E-state index < -0.39 is 0 Å². The third kappa shape index (κ3) is 3.22. The van der Waals surface area contributed by atoms with Gasteiger partial charge in [-0.1, -0.05) is 29.8 Å². The van der Waals surface area contributed by atoms with Gasteiger partial charge in [0.1, 0.15) is 11.6 Å². The SMILES string of the molecule is Cc1cccc(C2NNCC2CNC2CCc3nc(C)nn3C2)c1. The minimum atomic E-state index is 0.366. The third-order valence-electron chi connectivity index (χ3n) is 5.13. The van der Waals surface area contributed by atoms with E-state index in [2.05, 4.69) is 62.1 Å². The first-order chi connectivity index (χ1) is 11.7. The van der Waals surface area contributed by atoms with Gasteiger partial charge in [0.05, 0.1) is 12.6 Å². The second-order valence-corrected chi connectivity index (χ2v) is 7.08. The number of nitrogens with zero attached hydrogens (tertiary/aromatic N) is 3. The number of rotatable bonds is 4. The Morgan fingerprint density at radius 1 is 1.33 bits per heavy atom. The first kappa shape index (κ1) is 15.7. The Kier molecular flexibility index (Phi) is 4.35. The number of hydrazine groups is 1. The van der Waals surface area contributed by atoms with Gasteiger partial charge < -0.3 is 5.32 Å². The molecule has 0 aliphatic carbocycles. The summed E-state index contributed by atoms with van der Waals surface area (Å²) >= 11 is 0. The van der Waals surface area contributed by atoms with Crippen LogP contribution in [0.2, 0.25) is 0 Å². The molecule has 0 amide bonds. The molecule has 4 rings (SSSR count). The zero-order chi connectivity index (χ0) is 16.5. The Bertz CT molecular complexity index is 709. The fourth-order valence-corrected chi connectivity index (χ4v) is 3.86. The van der Waals surface area contributed by atoms with Crippen LogP contribution in [0.3, 0.4) is 0 Å². The summed E-state index contributed by atoms with van der Waals surface area (Å²) in [4.78, 5) is 4.49. The van der Waals surface area contributed by atoms with E-state index >= 15 is 0 Å². The quantitative estimate of drug-likeness (QED) is 0.789. The molecule has 1 saturated heterocycles. The molecule has 3 atom stereocenters. The molecule has 3 heterocycles. The summed E-state index contributed by atoms with van der Waals surface area (Å²) in [6.45, 7) is 7.05. The van der Waals surface area contributed by atoms with Crippen molar-refractivity contribution in [3.8, 4) is 0 Å².